The highest BCUT2D eigenvalue weighted by Gasteiger charge is 2.37. The summed E-state index contributed by atoms with van der Waals surface area (Å²) in [6.45, 7) is 1.77. The molecule has 0 saturated carbocycles. The molecule has 0 aliphatic carbocycles. The van der Waals surface area contributed by atoms with Gasteiger partial charge >= 0.3 is 0 Å². The van der Waals surface area contributed by atoms with Gasteiger partial charge in [0, 0.05) is 17.6 Å². The molecular weight excluding hydrogens is 560 g/mol. The van der Waals surface area contributed by atoms with Gasteiger partial charge in [0.05, 0.1) is 30.3 Å². The predicted molar refractivity (Wildman–Crippen MR) is 137 cm³/mol. The smallest absolute Gasteiger partial charge is 0.294 e. The molecule has 3 amide bonds. The number of carbonyl (C=O) groups excluding carboxylic acids is 3. The van der Waals surface area contributed by atoms with Crippen molar-refractivity contribution < 1.29 is 28.6 Å². The lowest BCUT2D eigenvalue weighted by molar-refractivity contribution is -0.139. The maximum absolute atomic E-state index is 12.9. The largest absolute Gasteiger partial charge is 0.493 e. The molecule has 0 N–H and O–H groups in total. The van der Waals surface area contributed by atoms with Gasteiger partial charge in [-0.2, -0.15) is 0 Å². The third kappa shape index (κ3) is 6.19. The maximum atomic E-state index is 12.9. The Morgan fingerprint density at radius 1 is 1.20 bits per heavy atom. The molecule has 0 bridgehead atoms. The van der Waals surface area contributed by atoms with E-state index in [4.69, 9.17) is 25.8 Å². The third-order valence-electron chi connectivity index (χ3n) is 5.38. The molecule has 2 saturated heterocycles. The average Bonchev–Trinajstić information content (AvgIpc) is 3.11. The Kier molecular flexibility index (Phi) is 8.38. The van der Waals surface area contributed by atoms with Gasteiger partial charge in [-0.3, -0.25) is 19.3 Å². The topological polar surface area (TPSA) is 85.4 Å². The molecule has 0 radical (unpaired) electrons. The SMILES string of the molecule is COc1cc(/C=C2\SC(=O)N(CC(=O)N3CCOCC3)C2=O)cc(Cl)c1OCc1ccc(Br)cc1. The minimum absolute atomic E-state index is 0.200. The van der Waals surface area contributed by atoms with Crippen LogP contribution in [0.1, 0.15) is 11.1 Å². The summed E-state index contributed by atoms with van der Waals surface area (Å²) < 4.78 is 17.5. The van der Waals surface area contributed by atoms with Crippen LogP contribution in [0.4, 0.5) is 4.79 Å². The lowest BCUT2D eigenvalue weighted by atomic mass is 10.1. The second-order valence-corrected chi connectivity index (χ2v) is 10.0. The van der Waals surface area contributed by atoms with Gasteiger partial charge in [-0.1, -0.05) is 39.7 Å². The van der Waals surface area contributed by atoms with Gasteiger partial charge in [-0.25, -0.2) is 0 Å². The van der Waals surface area contributed by atoms with E-state index < -0.39 is 11.1 Å². The van der Waals surface area contributed by atoms with Crippen molar-refractivity contribution in [3.8, 4) is 11.5 Å². The van der Waals surface area contributed by atoms with Crippen molar-refractivity contribution in [2.75, 3.05) is 40.0 Å². The molecule has 0 unspecified atom stereocenters. The summed E-state index contributed by atoms with van der Waals surface area (Å²) in [7, 11) is 1.49. The standard InChI is InChI=1S/C24H22BrClN2O6S/c1-32-19-11-16(10-18(26)22(19)34-14-15-2-4-17(25)5-3-15)12-20-23(30)28(24(31)35-20)13-21(29)27-6-8-33-9-7-27/h2-5,10-12H,6-9,13-14H2,1H3/b20-12-. The number of hydrogen-bond donors (Lipinski definition) is 0. The van der Waals surface area contributed by atoms with E-state index in [1.54, 1.807) is 23.1 Å². The number of methoxy groups -OCH3 is 1. The molecule has 4 rings (SSSR count). The number of carbonyl (C=O) groups is 3. The van der Waals surface area contributed by atoms with Gasteiger partial charge < -0.3 is 19.1 Å². The molecule has 35 heavy (non-hydrogen) atoms. The molecule has 2 aromatic rings. The molecule has 2 aliphatic heterocycles. The number of nitrogens with zero attached hydrogens (tertiary/aromatic N) is 2. The van der Waals surface area contributed by atoms with Crippen LogP contribution in [0, 0.1) is 0 Å². The van der Waals surface area contributed by atoms with Crippen LogP contribution in [0.5, 0.6) is 11.5 Å². The normalized spacial score (nSPS) is 17.3. The van der Waals surface area contributed by atoms with E-state index in [1.165, 1.54) is 7.11 Å². The fraction of sp³-hybridized carbons (Fsp3) is 0.292. The Hall–Kier alpha value is -2.53. The van der Waals surface area contributed by atoms with Crippen molar-refractivity contribution >= 4 is 62.4 Å². The van der Waals surface area contributed by atoms with E-state index in [1.807, 2.05) is 24.3 Å². The van der Waals surface area contributed by atoms with Gasteiger partial charge in [0.15, 0.2) is 11.5 Å². The fourth-order valence-electron chi connectivity index (χ4n) is 3.54. The zero-order valence-electron chi connectivity index (χ0n) is 18.8. The number of rotatable bonds is 7. The van der Waals surface area contributed by atoms with E-state index in [9.17, 15) is 14.4 Å². The summed E-state index contributed by atoms with van der Waals surface area (Å²) in [5, 5.41) is -0.190. The number of hydrogen-bond acceptors (Lipinski definition) is 7. The maximum Gasteiger partial charge on any atom is 0.294 e. The van der Waals surface area contributed by atoms with Crippen molar-refractivity contribution in [3.63, 3.8) is 0 Å². The molecule has 2 aliphatic rings. The van der Waals surface area contributed by atoms with E-state index >= 15 is 0 Å². The van der Waals surface area contributed by atoms with Gasteiger partial charge in [0.1, 0.15) is 13.2 Å². The van der Waals surface area contributed by atoms with Crippen molar-refractivity contribution in [1.29, 1.82) is 0 Å². The quantitative estimate of drug-likeness (QED) is 0.443. The Bertz CT molecular complexity index is 1170. The van der Waals surface area contributed by atoms with E-state index in [2.05, 4.69) is 15.9 Å². The first-order valence-corrected chi connectivity index (χ1v) is 12.7. The summed E-state index contributed by atoms with van der Waals surface area (Å²) >= 11 is 10.6. The first-order chi connectivity index (χ1) is 16.9. The summed E-state index contributed by atoms with van der Waals surface area (Å²) in [6.07, 6.45) is 1.55. The highest BCUT2D eigenvalue weighted by molar-refractivity contribution is 9.10. The number of amides is 3. The monoisotopic (exact) mass is 580 g/mol. The van der Waals surface area contributed by atoms with Crippen molar-refractivity contribution in [1.82, 2.24) is 9.80 Å². The highest BCUT2D eigenvalue weighted by atomic mass is 79.9. The number of morpholine rings is 1. The molecule has 8 nitrogen and oxygen atoms in total. The van der Waals surface area contributed by atoms with Crippen LogP contribution >= 0.6 is 39.3 Å². The van der Waals surface area contributed by atoms with E-state index in [0.29, 0.717) is 55.0 Å². The second kappa shape index (κ2) is 11.5. The van der Waals surface area contributed by atoms with Crippen molar-refractivity contribution in [2.24, 2.45) is 0 Å². The van der Waals surface area contributed by atoms with Crippen LogP contribution in [-0.4, -0.2) is 66.8 Å². The van der Waals surface area contributed by atoms with Crippen LogP contribution in [0.25, 0.3) is 6.08 Å². The van der Waals surface area contributed by atoms with Gasteiger partial charge in [0.2, 0.25) is 5.91 Å². The van der Waals surface area contributed by atoms with Gasteiger partial charge in [-0.15, -0.1) is 0 Å². The van der Waals surface area contributed by atoms with Crippen molar-refractivity contribution in [3.05, 3.63) is 61.9 Å². The second-order valence-electron chi connectivity index (χ2n) is 7.71. The number of thioether (sulfide) groups is 1. The third-order valence-corrected chi connectivity index (χ3v) is 7.09. The van der Waals surface area contributed by atoms with Crippen LogP contribution in [0.2, 0.25) is 5.02 Å². The Labute approximate surface area is 220 Å². The minimum Gasteiger partial charge on any atom is -0.493 e. The number of imide groups is 1. The first-order valence-electron chi connectivity index (χ1n) is 10.7. The molecular formula is C24H22BrClN2O6S. The van der Waals surface area contributed by atoms with Gasteiger partial charge in [-0.05, 0) is 53.2 Å². The zero-order chi connectivity index (χ0) is 24.9. The first kappa shape index (κ1) is 25.6. The van der Waals surface area contributed by atoms with Crippen molar-refractivity contribution in [2.45, 2.75) is 6.61 Å². The van der Waals surface area contributed by atoms with Crippen LogP contribution in [-0.2, 0) is 20.9 Å². The molecule has 2 fully saturated rings. The van der Waals surface area contributed by atoms with Crippen LogP contribution in [0.3, 0.4) is 0 Å². The molecule has 2 aromatic carbocycles. The summed E-state index contributed by atoms with van der Waals surface area (Å²) in [4.78, 5) is 40.6. The van der Waals surface area contributed by atoms with Gasteiger partial charge in [0.25, 0.3) is 11.1 Å². The number of ether oxygens (including phenoxy) is 3. The number of benzene rings is 2. The Morgan fingerprint density at radius 2 is 1.91 bits per heavy atom. The Balaban J connectivity index is 1.47. The Morgan fingerprint density at radius 3 is 2.60 bits per heavy atom. The lowest BCUT2D eigenvalue weighted by Gasteiger charge is -2.28. The molecule has 0 aromatic heterocycles. The van der Waals surface area contributed by atoms with E-state index in [-0.39, 0.29) is 17.4 Å². The molecule has 0 atom stereocenters. The summed E-state index contributed by atoms with van der Waals surface area (Å²) in [5.41, 5.74) is 1.52. The summed E-state index contributed by atoms with van der Waals surface area (Å²) in [6, 6.07) is 11.0. The van der Waals surface area contributed by atoms with E-state index in [0.717, 1.165) is 26.7 Å². The van der Waals surface area contributed by atoms with Crippen LogP contribution < -0.4 is 9.47 Å². The zero-order valence-corrected chi connectivity index (χ0v) is 22.0. The molecule has 184 valence electrons. The van der Waals surface area contributed by atoms with Crippen LogP contribution in [0.15, 0.2) is 45.8 Å². The predicted octanol–water partition coefficient (Wildman–Crippen LogP) is 4.59. The lowest BCUT2D eigenvalue weighted by Crippen LogP contribution is -2.46. The molecule has 11 heteroatoms. The highest BCUT2D eigenvalue weighted by Crippen LogP contribution is 2.39. The molecule has 0 spiro atoms. The average molecular weight is 582 g/mol. The minimum atomic E-state index is -0.521. The fourth-order valence-corrected chi connectivity index (χ4v) is 4.91. The summed E-state index contributed by atoms with van der Waals surface area (Å²) in [5.74, 6) is -0.0397. The number of halogens is 2. The molecule has 2 heterocycles.